The standard InChI is InChI=1S/C14H11ClN/c1-8-4-10-6-9-7-11(16)2-3-12(9)14(10)13(15)5-8/h2-3,5,7H,6,16H2,1H3. The number of aryl methyl sites for hydroxylation is 1. The minimum absolute atomic E-state index is 0.805. The Kier molecular flexibility index (Phi) is 1.98. The summed E-state index contributed by atoms with van der Waals surface area (Å²) < 4.78 is 0. The summed E-state index contributed by atoms with van der Waals surface area (Å²) in [5.74, 6) is 0. The lowest BCUT2D eigenvalue weighted by Gasteiger charge is -2.05. The quantitative estimate of drug-likeness (QED) is 0.585. The molecule has 0 heterocycles. The van der Waals surface area contributed by atoms with Crippen LogP contribution < -0.4 is 5.73 Å². The first-order valence-electron chi connectivity index (χ1n) is 5.25. The summed E-state index contributed by atoms with van der Waals surface area (Å²) in [6.45, 7) is 2.02. The molecule has 1 aliphatic carbocycles. The lowest BCUT2D eigenvalue weighted by atomic mass is 10.0. The van der Waals surface area contributed by atoms with Crippen molar-refractivity contribution in [2.24, 2.45) is 0 Å². The SMILES string of the molecule is Cc1[c]c2c(c(Cl)c1)-c1ccc(N)cc1C2. The Morgan fingerprint density at radius 1 is 1.31 bits per heavy atom. The number of rotatable bonds is 0. The molecular formula is C14H11ClN. The fourth-order valence-corrected chi connectivity index (χ4v) is 2.74. The van der Waals surface area contributed by atoms with Gasteiger partial charge in [0.05, 0.1) is 0 Å². The lowest BCUT2D eigenvalue weighted by molar-refractivity contribution is 1.24. The van der Waals surface area contributed by atoms with E-state index in [0.717, 1.165) is 28.3 Å². The third kappa shape index (κ3) is 1.32. The van der Waals surface area contributed by atoms with E-state index in [4.69, 9.17) is 17.3 Å². The van der Waals surface area contributed by atoms with Crippen molar-refractivity contribution in [1.82, 2.24) is 0 Å². The van der Waals surface area contributed by atoms with Crippen LogP contribution in [0.15, 0.2) is 24.3 Å². The zero-order chi connectivity index (χ0) is 11.3. The van der Waals surface area contributed by atoms with Crippen molar-refractivity contribution in [3.05, 3.63) is 52.0 Å². The van der Waals surface area contributed by atoms with E-state index in [-0.39, 0.29) is 0 Å². The number of benzene rings is 2. The van der Waals surface area contributed by atoms with Gasteiger partial charge in [-0.15, -0.1) is 0 Å². The van der Waals surface area contributed by atoms with Crippen molar-refractivity contribution in [2.75, 3.05) is 5.73 Å². The monoisotopic (exact) mass is 228 g/mol. The molecule has 0 amide bonds. The third-order valence-corrected chi connectivity index (χ3v) is 3.30. The van der Waals surface area contributed by atoms with Crippen molar-refractivity contribution in [2.45, 2.75) is 13.3 Å². The Balaban J connectivity index is 2.29. The van der Waals surface area contributed by atoms with Crippen LogP contribution in [0.3, 0.4) is 0 Å². The van der Waals surface area contributed by atoms with Crippen molar-refractivity contribution < 1.29 is 0 Å². The van der Waals surface area contributed by atoms with E-state index in [0.29, 0.717) is 0 Å². The molecular weight excluding hydrogens is 218 g/mol. The molecule has 2 aromatic carbocycles. The molecule has 0 aromatic heterocycles. The van der Waals surface area contributed by atoms with Gasteiger partial charge in [0.1, 0.15) is 0 Å². The van der Waals surface area contributed by atoms with Crippen LogP contribution in [0, 0.1) is 13.0 Å². The van der Waals surface area contributed by atoms with E-state index in [2.05, 4.69) is 6.07 Å². The summed E-state index contributed by atoms with van der Waals surface area (Å²) in [5, 5.41) is 0.815. The van der Waals surface area contributed by atoms with E-state index >= 15 is 0 Å². The Bertz CT molecular complexity index is 588. The van der Waals surface area contributed by atoms with E-state index in [1.807, 2.05) is 31.2 Å². The number of halogens is 1. The predicted octanol–water partition coefficient (Wildman–Crippen LogP) is 3.60. The highest BCUT2D eigenvalue weighted by molar-refractivity contribution is 6.33. The van der Waals surface area contributed by atoms with Gasteiger partial charge in [0, 0.05) is 16.3 Å². The van der Waals surface area contributed by atoms with E-state index in [1.165, 1.54) is 16.7 Å². The average molecular weight is 229 g/mol. The van der Waals surface area contributed by atoms with Crippen molar-refractivity contribution in [3.63, 3.8) is 0 Å². The van der Waals surface area contributed by atoms with Gasteiger partial charge in [-0.05, 0) is 59.9 Å². The second kappa shape index (κ2) is 3.26. The van der Waals surface area contributed by atoms with Crippen LogP contribution in [0.25, 0.3) is 11.1 Å². The van der Waals surface area contributed by atoms with Gasteiger partial charge >= 0.3 is 0 Å². The molecule has 16 heavy (non-hydrogen) atoms. The Hall–Kier alpha value is -1.47. The molecule has 2 N–H and O–H groups in total. The van der Waals surface area contributed by atoms with Crippen LogP contribution >= 0.6 is 11.6 Å². The maximum atomic E-state index is 6.29. The van der Waals surface area contributed by atoms with Crippen LogP contribution in [0.5, 0.6) is 0 Å². The fourth-order valence-electron chi connectivity index (χ4n) is 2.36. The maximum absolute atomic E-state index is 6.29. The van der Waals surface area contributed by atoms with Gasteiger partial charge in [-0.25, -0.2) is 0 Å². The number of nitrogen functional groups attached to an aromatic ring is 1. The molecule has 0 saturated carbocycles. The van der Waals surface area contributed by atoms with Gasteiger partial charge in [-0.1, -0.05) is 17.7 Å². The molecule has 3 rings (SSSR count). The number of hydrogen-bond acceptors (Lipinski definition) is 1. The van der Waals surface area contributed by atoms with E-state index in [1.54, 1.807) is 0 Å². The predicted molar refractivity (Wildman–Crippen MR) is 67.7 cm³/mol. The van der Waals surface area contributed by atoms with Gasteiger partial charge < -0.3 is 5.73 Å². The summed E-state index contributed by atoms with van der Waals surface area (Å²) in [5.41, 5.74) is 12.4. The lowest BCUT2D eigenvalue weighted by Crippen LogP contribution is -1.86. The van der Waals surface area contributed by atoms with Crippen LogP contribution in [-0.2, 0) is 6.42 Å². The highest BCUT2D eigenvalue weighted by Gasteiger charge is 2.21. The zero-order valence-electron chi connectivity index (χ0n) is 8.97. The minimum Gasteiger partial charge on any atom is -0.399 e. The molecule has 0 unspecified atom stereocenters. The maximum Gasteiger partial charge on any atom is 0.0490 e. The molecule has 0 atom stereocenters. The minimum atomic E-state index is 0.805. The summed E-state index contributed by atoms with van der Waals surface area (Å²) >= 11 is 6.29. The molecule has 1 nitrogen and oxygen atoms in total. The average Bonchev–Trinajstić information content (AvgIpc) is 2.54. The summed E-state index contributed by atoms with van der Waals surface area (Å²) in [6, 6.07) is 11.3. The Labute approximate surface area is 99.9 Å². The first-order chi connectivity index (χ1) is 7.65. The molecule has 79 valence electrons. The van der Waals surface area contributed by atoms with Gasteiger partial charge in [0.15, 0.2) is 0 Å². The first-order valence-corrected chi connectivity index (χ1v) is 5.63. The largest absolute Gasteiger partial charge is 0.399 e. The highest BCUT2D eigenvalue weighted by atomic mass is 35.5. The van der Waals surface area contributed by atoms with Crippen molar-refractivity contribution >= 4 is 17.3 Å². The van der Waals surface area contributed by atoms with E-state index in [9.17, 15) is 0 Å². The molecule has 0 aliphatic heterocycles. The molecule has 2 heteroatoms. The van der Waals surface area contributed by atoms with Crippen molar-refractivity contribution in [3.8, 4) is 11.1 Å². The number of nitrogens with two attached hydrogens (primary N) is 1. The number of hydrogen-bond donors (Lipinski definition) is 1. The van der Waals surface area contributed by atoms with E-state index < -0.39 is 0 Å². The van der Waals surface area contributed by atoms with Gasteiger partial charge in [-0.3, -0.25) is 0 Å². The Morgan fingerprint density at radius 2 is 2.12 bits per heavy atom. The van der Waals surface area contributed by atoms with Crippen LogP contribution in [0.4, 0.5) is 5.69 Å². The fraction of sp³-hybridized carbons (Fsp3) is 0.143. The van der Waals surface area contributed by atoms with Gasteiger partial charge in [-0.2, -0.15) is 0 Å². The second-order valence-corrected chi connectivity index (χ2v) is 4.65. The second-order valence-electron chi connectivity index (χ2n) is 4.25. The molecule has 0 bridgehead atoms. The zero-order valence-corrected chi connectivity index (χ0v) is 9.73. The number of fused-ring (bicyclic) bond motifs is 3. The Morgan fingerprint density at radius 3 is 2.94 bits per heavy atom. The molecule has 0 fully saturated rings. The van der Waals surface area contributed by atoms with Crippen LogP contribution in [0.2, 0.25) is 5.02 Å². The molecule has 1 aliphatic rings. The van der Waals surface area contributed by atoms with Crippen LogP contribution in [-0.4, -0.2) is 0 Å². The molecule has 1 radical (unpaired) electrons. The molecule has 0 saturated heterocycles. The number of anilines is 1. The molecule has 2 aromatic rings. The summed E-state index contributed by atoms with van der Waals surface area (Å²) in [4.78, 5) is 0. The smallest absolute Gasteiger partial charge is 0.0490 e. The topological polar surface area (TPSA) is 26.0 Å². The normalized spacial score (nSPS) is 12.4. The molecule has 0 spiro atoms. The summed E-state index contributed by atoms with van der Waals surface area (Å²) in [7, 11) is 0. The third-order valence-electron chi connectivity index (χ3n) is 3.00. The van der Waals surface area contributed by atoms with Gasteiger partial charge in [0.2, 0.25) is 0 Å². The highest BCUT2D eigenvalue weighted by Crippen LogP contribution is 2.42. The summed E-state index contributed by atoms with van der Waals surface area (Å²) in [6.07, 6.45) is 0.886. The van der Waals surface area contributed by atoms with Crippen molar-refractivity contribution in [1.29, 1.82) is 0 Å². The van der Waals surface area contributed by atoms with Crippen LogP contribution in [0.1, 0.15) is 16.7 Å². The first kappa shape index (κ1) is 9.73. The van der Waals surface area contributed by atoms with Gasteiger partial charge in [0.25, 0.3) is 0 Å².